The van der Waals surface area contributed by atoms with Gasteiger partial charge in [-0.25, -0.2) is 0 Å². The van der Waals surface area contributed by atoms with Crippen LogP contribution in [-0.4, -0.2) is 17.5 Å². The maximum Gasteiger partial charge on any atom is 0.0452 e. The van der Waals surface area contributed by atoms with Crippen molar-refractivity contribution >= 4 is 23.4 Å². The lowest BCUT2D eigenvalue weighted by atomic mass is 9.98. The number of thioether (sulfide) groups is 1. The van der Waals surface area contributed by atoms with E-state index >= 15 is 0 Å². The van der Waals surface area contributed by atoms with Crippen LogP contribution in [0, 0.1) is 0 Å². The Labute approximate surface area is 87.1 Å². The number of aliphatic hydroxyl groups excluding tert-OH is 1. The molecule has 0 bridgehead atoms. The maximum absolute atomic E-state index is 8.89. The Morgan fingerprint density at radius 1 is 1.54 bits per heavy atom. The van der Waals surface area contributed by atoms with Gasteiger partial charge in [0, 0.05) is 22.3 Å². The number of hydrogen-bond donors (Lipinski definition) is 1. The van der Waals surface area contributed by atoms with Crippen molar-refractivity contribution in [1.29, 1.82) is 0 Å². The van der Waals surface area contributed by atoms with Crippen LogP contribution >= 0.6 is 23.4 Å². The Bertz CT molecular complexity index is 312. The molecule has 0 spiro atoms. The molecule has 0 saturated carbocycles. The molecule has 0 radical (unpaired) electrons. The first-order chi connectivity index (χ1) is 6.33. The molecule has 13 heavy (non-hydrogen) atoms. The zero-order valence-corrected chi connectivity index (χ0v) is 8.74. The summed E-state index contributed by atoms with van der Waals surface area (Å²) in [5, 5.41) is 9.74. The van der Waals surface area contributed by atoms with Crippen molar-refractivity contribution < 1.29 is 5.11 Å². The van der Waals surface area contributed by atoms with Gasteiger partial charge in [-0.2, -0.15) is 0 Å². The maximum atomic E-state index is 8.89. The molecule has 1 unspecified atom stereocenters. The number of aliphatic hydroxyl groups is 1. The number of halogens is 1. The molecule has 1 aromatic carbocycles. The summed E-state index contributed by atoms with van der Waals surface area (Å²) in [6.45, 7) is 0.246. The van der Waals surface area contributed by atoms with Gasteiger partial charge in [-0.3, -0.25) is 0 Å². The molecule has 70 valence electrons. The van der Waals surface area contributed by atoms with Crippen molar-refractivity contribution in [2.45, 2.75) is 17.2 Å². The second-order valence-electron chi connectivity index (χ2n) is 3.17. The van der Waals surface area contributed by atoms with Gasteiger partial charge in [0.2, 0.25) is 0 Å². The fourth-order valence-corrected chi connectivity index (χ4v) is 3.40. The zero-order valence-electron chi connectivity index (χ0n) is 7.16. The van der Waals surface area contributed by atoms with Crippen LogP contribution in [-0.2, 0) is 0 Å². The summed E-state index contributed by atoms with van der Waals surface area (Å²) in [7, 11) is 0. The van der Waals surface area contributed by atoms with Crippen LogP contribution in [0.25, 0.3) is 0 Å². The first kappa shape index (κ1) is 9.38. The molecule has 1 aliphatic rings. The second-order valence-corrected chi connectivity index (χ2v) is 4.64. The molecule has 1 aromatic rings. The average Bonchev–Trinajstić information content (AvgIpc) is 2.51. The highest BCUT2D eigenvalue weighted by atomic mass is 35.5. The highest BCUT2D eigenvalue weighted by Gasteiger charge is 2.24. The van der Waals surface area contributed by atoms with Crippen molar-refractivity contribution in [2.75, 3.05) is 12.4 Å². The van der Waals surface area contributed by atoms with E-state index in [9.17, 15) is 0 Å². The Balaban J connectivity index is 2.34. The lowest BCUT2D eigenvalue weighted by Crippen LogP contribution is -2.00. The molecule has 2 rings (SSSR count). The van der Waals surface area contributed by atoms with Crippen molar-refractivity contribution in [2.24, 2.45) is 0 Å². The van der Waals surface area contributed by atoms with Crippen LogP contribution < -0.4 is 0 Å². The molecule has 0 amide bonds. The molecule has 0 fully saturated rings. The monoisotopic (exact) mass is 214 g/mol. The van der Waals surface area contributed by atoms with Gasteiger partial charge in [0.25, 0.3) is 0 Å². The molecular weight excluding hydrogens is 204 g/mol. The topological polar surface area (TPSA) is 20.2 Å². The van der Waals surface area contributed by atoms with Gasteiger partial charge in [-0.05, 0) is 30.0 Å². The summed E-state index contributed by atoms with van der Waals surface area (Å²) in [5.74, 6) is 1.50. The predicted octanol–water partition coefficient (Wildman–Crippen LogP) is 2.91. The molecule has 0 aromatic heterocycles. The summed E-state index contributed by atoms with van der Waals surface area (Å²) in [4.78, 5) is 1.28. The Kier molecular flexibility index (Phi) is 2.82. The third kappa shape index (κ3) is 1.71. The van der Waals surface area contributed by atoms with E-state index in [4.69, 9.17) is 16.7 Å². The van der Waals surface area contributed by atoms with Gasteiger partial charge in [0.05, 0.1) is 0 Å². The minimum absolute atomic E-state index is 0.246. The summed E-state index contributed by atoms with van der Waals surface area (Å²) >= 11 is 7.94. The van der Waals surface area contributed by atoms with Crippen molar-refractivity contribution in [3.8, 4) is 0 Å². The van der Waals surface area contributed by atoms with Gasteiger partial charge in [-0.15, -0.1) is 11.8 Å². The van der Waals surface area contributed by atoms with Crippen LogP contribution in [0.1, 0.15) is 17.9 Å². The van der Waals surface area contributed by atoms with Crippen LogP contribution in [0.15, 0.2) is 23.1 Å². The van der Waals surface area contributed by atoms with E-state index in [0.29, 0.717) is 5.92 Å². The minimum atomic E-state index is 0.246. The van der Waals surface area contributed by atoms with E-state index in [2.05, 4.69) is 6.07 Å². The van der Waals surface area contributed by atoms with Crippen molar-refractivity contribution in [1.82, 2.24) is 0 Å². The van der Waals surface area contributed by atoms with Gasteiger partial charge < -0.3 is 5.11 Å². The van der Waals surface area contributed by atoms with E-state index in [1.54, 1.807) is 0 Å². The lowest BCUT2D eigenvalue weighted by molar-refractivity contribution is 0.279. The zero-order chi connectivity index (χ0) is 9.26. The number of hydrogen-bond acceptors (Lipinski definition) is 2. The predicted molar refractivity (Wildman–Crippen MR) is 56.6 cm³/mol. The fraction of sp³-hybridized carbons (Fsp3) is 0.400. The van der Waals surface area contributed by atoms with E-state index < -0.39 is 0 Å². The van der Waals surface area contributed by atoms with Crippen LogP contribution in [0.3, 0.4) is 0 Å². The van der Waals surface area contributed by atoms with E-state index in [1.165, 1.54) is 10.5 Å². The van der Waals surface area contributed by atoms with Gasteiger partial charge in [0.1, 0.15) is 0 Å². The van der Waals surface area contributed by atoms with Gasteiger partial charge >= 0.3 is 0 Å². The SMILES string of the molecule is OCCC1CSc2cccc(Cl)c21. The molecule has 1 aliphatic heterocycles. The van der Waals surface area contributed by atoms with E-state index in [0.717, 1.165) is 17.2 Å². The Morgan fingerprint density at radius 2 is 2.38 bits per heavy atom. The molecule has 3 heteroatoms. The lowest BCUT2D eigenvalue weighted by Gasteiger charge is -2.09. The van der Waals surface area contributed by atoms with E-state index in [-0.39, 0.29) is 6.61 Å². The van der Waals surface area contributed by atoms with Gasteiger partial charge in [-0.1, -0.05) is 17.7 Å². The number of benzene rings is 1. The first-order valence-corrected chi connectivity index (χ1v) is 5.71. The average molecular weight is 215 g/mol. The standard InChI is InChI=1S/C10H11ClOS/c11-8-2-1-3-9-10(8)7(4-5-12)6-13-9/h1-3,7,12H,4-6H2. The summed E-state index contributed by atoms with van der Waals surface area (Å²) in [5.41, 5.74) is 1.24. The molecule has 0 saturated heterocycles. The highest BCUT2D eigenvalue weighted by molar-refractivity contribution is 7.99. The van der Waals surface area contributed by atoms with Crippen LogP contribution in [0.5, 0.6) is 0 Å². The fourth-order valence-electron chi connectivity index (χ4n) is 1.70. The normalized spacial score (nSPS) is 20.3. The molecule has 1 atom stereocenters. The van der Waals surface area contributed by atoms with Crippen molar-refractivity contribution in [3.63, 3.8) is 0 Å². The first-order valence-electron chi connectivity index (χ1n) is 4.35. The third-order valence-electron chi connectivity index (χ3n) is 2.34. The highest BCUT2D eigenvalue weighted by Crippen LogP contribution is 2.44. The molecule has 1 heterocycles. The van der Waals surface area contributed by atoms with Crippen LogP contribution in [0.4, 0.5) is 0 Å². The van der Waals surface area contributed by atoms with Crippen LogP contribution in [0.2, 0.25) is 5.02 Å². The minimum Gasteiger partial charge on any atom is -0.396 e. The largest absolute Gasteiger partial charge is 0.396 e. The van der Waals surface area contributed by atoms with Crippen molar-refractivity contribution in [3.05, 3.63) is 28.8 Å². The Hall–Kier alpha value is -0.180. The van der Waals surface area contributed by atoms with E-state index in [1.807, 2.05) is 23.9 Å². The van der Waals surface area contributed by atoms with Gasteiger partial charge in [0.15, 0.2) is 0 Å². The Morgan fingerprint density at radius 3 is 3.15 bits per heavy atom. The summed E-state index contributed by atoms with van der Waals surface area (Å²) in [6.07, 6.45) is 0.823. The smallest absolute Gasteiger partial charge is 0.0452 e. The molecule has 1 nitrogen and oxygen atoms in total. The quantitative estimate of drug-likeness (QED) is 0.817. The summed E-state index contributed by atoms with van der Waals surface area (Å²) < 4.78 is 0. The molecule has 1 N–H and O–H groups in total. The second kappa shape index (κ2) is 3.91. The molecular formula is C10H11ClOS. The third-order valence-corrected chi connectivity index (χ3v) is 3.90. The number of fused-ring (bicyclic) bond motifs is 1. The summed E-state index contributed by atoms with van der Waals surface area (Å²) in [6, 6.07) is 6.01. The number of rotatable bonds is 2. The molecule has 0 aliphatic carbocycles.